The van der Waals surface area contributed by atoms with Crippen molar-refractivity contribution in [3.05, 3.63) is 29.3 Å². The molecule has 22 heteroatoms. The van der Waals surface area contributed by atoms with Crippen molar-refractivity contribution in [1.82, 2.24) is 39.0 Å². The maximum Gasteiger partial charge on any atom is 0.697 e. The summed E-state index contributed by atoms with van der Waals surface area (Å²) in [5, 5.41) is 23.4. The first kappa shape index (κ1) is 33.1. The molecule has 0 amide bonds. The van der Waals surface area contributed by atoms with Crippen LogP contribution in [0.3, 0.4) is 0 Å². The molecule has 2 saturated carbocycles. The molecule has 3 aliphatic rings. The first-order valence-corrected chi connectivity index (χ1v) is 17.6. The van der Waals surface area contributed by atoms with Gasteiger partial charge < -0.3 is 35.7 Å². The third-order valence-corrected chi connectivity index (χ3v) is 12.4. The lowest BCUT2D eigenvalue weighted by molar-refractivity contribution is -0.0729. The topological polar surface area (TPSA) is 291 Å². The van der Waals surface area contributed by atoms with Crippen molar-refractivity contribution < 1.29 is 42.3 Å². The Morgan fingerprint density at radius 1 is 0.958 bits per heavy atom. The predicted molar refractivity (Wildman–Crippen MR) is 166 cm³/mol. The third kappa shape index (κ3) is 4.89. The van der Waals surface area contributed by atoms with Crippen LogP contribution in [0.1, 0.15) is 39.8 Å². The highest BCUT2D eigenvalue weighted by molar-refractivity contribution is 7.47. The smallest absolute Gasteiger partial charge is 0.388 e. The molecule has 0 aromatic carbocycles. The average molecular weight is 710 g/mol. The van der Waals surface area contributed by atoms with E-state index in [9.17, 15) is 29.0 Å². The van der Waals surface area contributed by atoms with Crippen molar-refractivity contribution >= 4 is 50.2 Å². The predicted octanol–water partition coefficient (Wildman–Crippen LogP) is 0.815. The Morgan fingerprint density at radius 2 is 1.56 bits per heavy atom. The van der Waals surface area contributed by atoms with Gasteiger partial charge in [-0.05, 0) is 11.8 Å². The van der Waals surface area contributed by atoms with Gasteiger partial charge in [-0.15, -0.1) is 9.05 Å². The molecule has 1 aliphatic heterocycles. The molecule has 3 fully saturated rings. The van der Waals surface area contributed by atoms with Gasteiger partial charge in [0, 0.05) is 15.4 Å². The zero-order valence-electron chi connectivity index (χ0n) is 26.1. The molecular formula is C26H35N10O10P2+. The van der Waals surface area contributed by atoms with Gasteiger partial charge in [0.2, 0.25) is 5.95 Å². The van der Waals surface area contributed by atoms with Gasteiger partial charge >= 0.3 is 16.1 Å². The lowest BCUT2D eigenvalue weighted by Gasteiger charge is -2.36. The largest absolute Gasteiger partial charge is 0.697 e. The van der Waals surface area contributed by atoms with E-state index in [0.717, 1.165) is 0 Å². The molecule has 4 aromatic heterocycles. The minimum absolute atomic E-state index is 0.0326. The summed E-state index contributed by atoms with van der Waals surface area (Å²) >= 11 is 0. The average Bonchev–Trinajstić information content (AvgIpc) is 3.72. The Hall–Kier alpha value is -3.45. The van der Waals surface area contributed by atoms with Crippen LogP contribution >= 0.6 is 16.1 Å². The summed E-state index contributed by atoms with van der Waals surface area (Å²) in [6, 6.07) is -1.71. The van der Waals surface area contributed by atoms with Gasteiger partial charge in [-0.3, -0.25) is 18.8 Å². The number of anilines is 2. The fraction of sp³-hybridized carbons (Fsp3) is 0.615. The zero-order chi connectivity index (χ0) is 34.5. The summed E-state index contributed by atoms with van der Waals surface area (Å²) in [7, 11) is -7.88. The van der Waals surface area contributed by atoms with E-state index >= 15 is 0 Å². The summed E-state index contributed by atoms with van der Waals surface area (Å²) < 4.78 is 53.2. The lowest BCUT2D eigenvalue weighted by Crippen LogP contribution is -2.43. The number of nitrogens with zero attached hydrogens (tertiary/aromatic N) is 7. The van der Waals surface area contributed by atoms with Crippen LogP contribution in [0, 0.1) is 22.7 Å². The van der Waals surface area contributed by atoms with Gasteiger partial charge in [-0.25, -0.2) is 24.5 Å². The summed E-state index contributed by atoms with van der Waals surface area (Å²) in [6.07, 6.45) is -1.48. The molecule has 12 atom stereocenters. The molecule has 1 saturated heterocycles. The van der Waals surface area contributed by atoms with Crippen LogP contribution in [0.2, 0.25) is 0 Å². The van der Waals surface area contributed by atoms with E-state index in [1.54, 1.807) is 32.3 Å². The number of hydrogen-bond acceptors (Lipinski definition) is 16. The Kier molecular flexibility index (Phi) is 7.78. The maximum absolute atomic E-state index is 13.7. The number of aromatic nitrogens is 8. The summed E-state index contributed by atoms with van der Waals surface area (Å²) in [5.41, 5.74) is 9.29. The van der Waals surface area contributed by atoms with E-state index in [4.69, 9.17) is 29.6 Å². The minimum atomic E-state index is -4.96. The molecule has 0 bridgehead atoms. The van der Waals surface area contributed by atoms with Gasteiger partial charge in [0.05, 0.1) is 31.3 Å². The maximum atomic E-state index is 13.7. The van der Waals surface area contributed by atoms with Crippen LogP contribution in [0.15, 0.2) is 23.8 Å². The third-order valence-electron chi connectivity index (χ3n) is 10.7. The molecule has 2 aliphatic carbocycles. The highest BCUT2D eigenvalue weighted by atomic mass is 31.2. The van der Waals surface area contributed by atoms with E-state index < -0.39 is 87.4 Å². The van der Waals surface area contributed by atoms with Gasteiger partial charge in [-0.2, -0.15) is 4.98 Å². The highest BCUT2D eigenvalue weighted by Gasteiger charge is 2.64. The van der Waals surface area contributed by atoms with Crippen molar-refractivity contribution in [2.75, 3.05) is 24.7 Å². The molecule has 258 valence electrons. The Labute approximate surface area is 272 Å². The fourth-order valence-electron chi connectivity index (χ4n) is 7.59. The van der Waals surface area contributed by atoms with E-state index in [1.165, 1.54) is 23.5 Å². The van der Waals surface area contributed by atoms with Crippen molar-refractivity contribution in [1.29, 1.82) is 0 Å². The number of nitrogen functional groups attached to an aromatic ring is 2. The van der Waals surface area contributed by atoms with E-state index in [-0.39, 0.29) is 29.5 Å². The van der Waals surface area contributed by atoms with Crippen LogP contribution in [-0.2, 0) is 27.2 Å². The SMILES string of the molecule is CC1C(n2cnc3c(N)ncnc32)C(O)C2O[P+](=O)OCC3(C)C(C)C(n4cnc5c(=O)[nH]c(N)nc54)C(O)C3OP(=O)(O)OCC12C. The Bertz CT molecular complexity index is 2040. The minimum Gasteiger partial charge on any atom is -0.388 e. The standard InChI is InChI=1S/C26H34N10O10P2/c1-10-15(36-9-32-13-22(36)33-24(28)34-23(13)39)17(38)19-25(10,3)5-43-47(40)45-18-16(37)14(11(2)26(18,4)6-44-48(41,42)46-19)35-8-31-12-20(27)29-7-30-21(12)35/h7-11,14-19,37-38H,5-6H2,1-4H3,(H5-,27,28,29,30,33,34,39,41,42)/p+1. The summed E-state index contributed by atoms with van der Waals surface area (Å²) in [6.45, 7) is 5.89. The number of H-pyrrole nitrogens is 1. The van der Waals surface area contributed by atoms with Gasteiger partial charge in [0.1, 0.15) is 36.8 Å². The van der Waals surface area contributed by atoms with Crippen LogP contribution in [-0.4, -0.2) is 91.8 Å². The van der Waals surface area contributed by atoms with Crippen LogP contribution in [0.5, 0.6) is 0 Å². The number of phosphoric acid groups is 1. The molecule has 7 rings (SSSR count). The molecular weight excluding hydrogens is 674 g/mol. The molecule has 12 unspecified atom stereocenters. The number of aliphatic hydroxyl groups is 2. The van der Waals surface area contributed by atoms with Crippen molar-refractivity contribution in [2.45, 2.75) is 64.2 Å². The number of imidazole rings is 2. The van der Waals surface area contributed by atoms with Crippen molar-refractivity contribution in [2.24, 2.45) is 22.7 Å². The number of hydrogen-bond donors (Lipinski definition) is 6. The first-order chi connectivity index (χ1) is 22.6. The van der Waals surface area contributed by atoms with Crippen molar-refractivity contribution in [3.8, 4) is 0 Å². The Balaban J connectivity index is 1.24. The number of phosphoric ester groups is 1. The van der Waals surface area contributed by atoms with E-state index in [0.29, 0.717) is 11.2 Å². The number of nitrogens with one attached hydrogen (secondary N) is 1. The van der Waals surface area contributed by atoms with Crippen molar-refractivity contribution in [3.63, 3.8) is 0 Å². The first-order valence-electron chi connectivity index (χ1n) is 15.0. The fourth-order valence-corrected chi connectivity index (χ4v) is 9.74. The highest BCUT2D eigenvalue weighted by Crippen LogP contribution is 2.61. The van der Waals surface area contributed by atoms with Crippen LogP contribution in [0.4, 0.5) is 11.8 Å². The number of fused-ring (bicyclic) bond motifs is 4. The molecule has 8 N–H and O–H groups in total. The molecule has 48 heavy (non-hydrogen) atoms. The van der Waals surface area contributed by atoms with Gasteiger partial charge in [-0.1, -0.05) is 27.7 Å². The normalized spacial score (nSPS) is 40.0. The number of nitrogens with two attached hydrogens (primary N) is 2. The van der Waals surface area contributed by atoms with Crippen LogP contribution < -0.4 is 17.0 Å². The summed E-state index contributed by atoms with van der Waals surface area (Å²) in [4.78, 5) is 46.7. The van der Waals surface area contributed by atoms with Gasteiger partial charge in [0.15, 0.2) is 28.7 Å². The molecule has 4 aromatic rings. The number of aromatic amines is 1. The molecule has 0 radical (unpaired) electrons. The second-order valence-electron chi connectivity index (χ2n) is 13.2. The lowest BCUT2D eigenvalue weighted by atomic mass is 9.79. The second-order valence-corrected chi connectivity index (χ2v) is 15.5. The van der Waals surface area contributed by atoms with Gasteiger partial charge in [0.25, 0.3) is 5.56 Å². The Morgan fingerprint density at radius 3 is 2.25 bits per heavy atom. The summed E-state index contributed by atoms with van der Waals surface area (Å²) in [5.74, 6) is -1.24. The zero-order valence-corrected chi connectivity index (χ0v) is 27.9. The second kappa shape index (κ2) is 11.3. The number of rotatable bonds is 2. The molecule has 0 spiro atoms. The number of aliphatic hydroxyl groups excluding tert-OH is 2. The molecule has 20 nitrogen and oxygen atoms in total. The monoisotopic (exact) mass is 709 g/mol. The van der Waals surface area contributed by atoms with Crippen LogP contribution in [0.25, 0.3) is 22.3 Å². The quantitative estimate of drug-likeness (QED) is 0.157. The van der Waals surface area contributed by atoms with E-state index in [1.807, 2.05) is 0 Å². The molecule has 5 heterocycles. The van der Waals surface area contributed by atoms with E-state index in [2.05, 4.69) is 29.9 Å².